The van der Waals surface area contributed by atoms with Crippen LogP contribution in [0.15, 0.2) is 0 Å². The van der Waals surface area contributed by atoms with Crippen LogP contribution in [-0.2, 0) is 9.59 Å². The lowest BCUT2D eigenvalue weighted by molar-refractivity contribution is -0.141. The zero-order valence-corrected chi connectivity index (χ0v) is 10.2. The van der Waals surface area contributed by atoms with Crippen molar-refractivity contribution >= 4 is 12.3 Å². The van der Waals surface area contributed by atoms with E-state index < -0.39 is 5.54 Å². The van der Waals surface area contributed by atoms with E-state index in [-0.39, 0.29) is 5.91 Å². The highest BCUT2D eigenvalue weighted by Gasteiger charge is 2.38. The van der Waals surface area contributed by atoms with Gasteiger partial charge in [-0.25, -0.2) is 0 Å². The fourth-order valence-corrected chi connectivity index (χ4v) is 2.74. The predicted octanol–water partition coefficient (Wildman–Crippen LogP) is -0.0514. The number of hydrogen-bond donors (Lipinski definition) is 1. The summed E-state index contributed by atoms with van der Waals surface area (Å²) in [5, 5.41) is 0. The van der Waals surface area contributed by atoms with Gasteiger partial charge in [0.2, 0.25) is 12.3 Å². The van der Waals surface area contributed by atoms with Crippen LogP contribution in [0.3, 0.4) is 0 Å². The topological polar surface area (TPSA) is 66.6 Å². The van der Waals surface area contributed by atoms with Crippen molar-refractivity contribution in [1.29, 1.82) is 0 Å². The van der Waals surface area contributed by atoms with E-state index >= 15 is 0 Å². The first kappa shape index (κ1) is 12.4. The summed E-state index contributed by atoms with van der Waals surface area (Å²) in [6.45, 7) is 2.50. The Bertz CT molecular complexity index is 292. The lowest BCUT2D eigenvalue weighted by atomic mass is 9.81. The minimum Gasteiger partial charge on any atom is -0.342 e. The van der Waals surface area contributed by atoms with Crippen molar-refractivity contribution in [2.75, 3.05) is 26.2 Å². The van der Waals surface area contributed by atoms with Crippen LogP contribution in [0.4, 0.5) is 0 Å². The second-order valence-electron chi connectivity index (χ2n) is 5.15. The molecular formula is C12H21N3O2. The molecule has 0 unspecified atom stereocenters. The molecule has 2 aliphatic rings. The van der Waals surface area contributed by atoms with Crippen LogP contribution < -0.4 is 5.73 Å². The first-order valence-corrected chi connectivity index (χ1v) is 6.43. The van der Waals surface area contributed by atoms with Gasteiger partial charge < -0.3 is 15.5 Å². The Morgan fingerprint density at radius 2 is 1.65 bits per heavy atom. The molecule has 0 bridgehead atoms. The maximum absolute atomic E-state index is 12.4. The normalized spacial score (nSPS) is 24.5. The molecule has 0 atom stereocenters. The fourth-order valence-electron chi connectivity index (χ4n) is 2.74. The second kappa shape index (κ2) is 5.04. The van der Waals surface area contributed by atoms with Crippen molar-refractivity contribution in [3.8, 4) is 0 Å². The molecule has 0 spiro atoms. The van der Waals surface area contributed by atoms with Gasteiger partial charge in [0.1, 0.15) is 0 Å². The van der Waals surface area contributed by atoms with E-state index in [0.717, 1.165) is 32.1 Å². The van der Waals surface area contributed by atoms with Crippen molar-refractivity contribution in [1.82, 2.24) is 9.80 Å². The van der Waals surface area contributed by atoms with E-state index in [1.54, 1.807) is 4.90 Å². The summed E-state index contributed by atoms with van der Waals surface area (Å²) in [4.78, 5) is 26.5. The highest BCUT2D eigenvalue weighted by atomic mass is 16.2. The molecule has 2 N–H and O–H groups in total. The molecule has 0 aromatic carbocycles. The van der Waals surface area contributed by atoms with Gasteiger partial charge in [-0.1, -0.05) is 19.3 Å². The third kappa shape index (κ3) is 2.60. The van der Waals surface area contributed by atoms with Crippen LogP contribution in [0.1, 0.15) is 32.1 Å². The molecule has 0 aromatic heterocycles. The second-order valence-corrected chi connectivity index (χ2v) is 5.15. The summed E-state index contributed by atoms with van der Waals surface area (Å²) < 4.78 is 0. The van der Waals surface area contributed by atoms with E-state index in [2.05, 4.69) is 0 Å². The number of nitrogens with two attached hydrogens (primary N) is 1. The summed E-state index contributed by atoms with van der Waals surface area (Å²) >= 11 is 0. The average Bonchev–Trinajstić information content (AvgIpc) is 2.39. The smallest absolute Gasteiger partial charge is 0.242 e. The molecule has 0 radical (unpaired) electrons. The summed E-state index contributed by atoms with van der Waals surface area (Å²) in [7, 11) is 0. The number of rotatable bonds is 2. The van der Waals surface area contributed by atoms with Gasteiger partial charge in [-0.3, -0.25) is 9.59 Å². The molecule has 96 valence electrons. The molecule has 0 aromatic rings. The van der Waals surface area contributed by atoms with Gasteiger partial charge in [-0.15, -0.1) is 0 Å². The first-order valence-electron chi connectivity index (χ1n) is 6.43. The highest BCUT2D eigenvalue weighted by Crippen LogP contribution is 2.27. The molecular weight excluding hydrogens is 218 g/mol. The molecule has 1 heterocycles. The standard InChI is InChI=1S/C12H21N3O2/c13-12(4-2-1-3-5-12)11(17)15-8-6-14(10-16)7-9-15/h10H,1-9,13H2. The Balaban J connectivity index is 1.93. The zero-order valence-electron chi connectivity index (χ0n) is 10.2. The van der Waals surface area contributed by atoms with E-state index in [0.29, 0.717) is 26.2 Å². The van der Waals surface area contributed by atoms with Crippen molar-refractivity contribution < 1.29 is 9.59 Å². The number of piperazine rings is 1. The van der Waals surface area contributed by atoms with Crippen LogP contribution in [0.2, 0.25) is 0 Å². The van der Waals surface area contributed by atoms with Crippen molar-refractivity contribution in [3.05, 3.63) is 0 Å². The molecule has 1 saturated heterocycles. The van der Waals surface area contributed by atoms with Gasteiger partial charge in [0, 0.05) is 26.2 Å². The third-order valence-electron chi connectivity index (χ3n) is 3.92. The first-order chi connectivity index (χ1) is 8.15. The number of hydrogen-bond acceptors (Lipinski definition) is 3. The Labute approximate surface area is 102 Å². The summed E-state index contributed by atoms with van der Waals surface area (Å²) in [6, 6.07) is 0. The lowest BCUT2D eigenvalue weighted by Gasteiger charge is -2.40. The summed E-state index contributed by atoms with van der Waals surface area (Å²) in [5.74, 6) is 0.0859. The van der Waals surface area contributed by atoms with Gasteiger partial charge in [-0.2, -0.15) is 0 Å². The molecule has 1 aliphatic heterocycles. The Morgan fingerprint density at radius 1 is 1.06 bits per heavy atom. The van der Waals surface area contributed by atoms with Crippen LogP contribution in [0.25, 0.3) is 0 Å². The minimum absolute atomic E-state index is 0.0859. The lowest BCUT2D eigenvalue weighted by Crippen LogP contribution is -2.60. The van der Waals surface area contributed by atoms with Gasteiger partial charge >= 0.3 is 0 Å². The molecule has 1 saturated carbocycles. The fraction of sp³-hybridized carbons (Fsp3) is 0.833. The number of carbonyl (C=O) groups is 2. The molecule has 2 rings (SSSR count). The molecule has 2 fully saturated rings. The Hall–Kier alpha value is -1.10. The van der Waals surface area contributed by atoms with E-state index in [9.17, 15) is 9.59 Å². The number of carbonyl (C=O) groups excluding carboxylic acids is 2. The quantitative estimate of drug-likeness (QED) is 0.687. The predicted molar refractivity (Wildman–Crippen MR) is 64.2 cm³/mol. The number of nitrogens with zero attached hydrogens (tertiary/aromatic N) is 2. The molecule has 1 aliphatic carbocycles. The van der Waals surface area contributed by atoms with Crippen molar-refractivity contribution in [2.24, 2.45) is 5.73 Å². The maximum atomic E-state index is 12.4. The van der Waals surface area contributed by atoms with Gasteiger partial charge in [0.15, 0.2) is 0 Å². The van der Waals surface area contributed by atoms with Crippen molar-refractivity contribution in [2.45, 2.75) is 37.6 Å². The number of amides is 2. The third-order valence-corrected chi connectivity index (χ3v) is 3.92. The van der Waals surface area contributed by atoms with Crippen molar-refractivity contribution in [3.63, 3.8) is 0 Å². The van der Waals surface area contributed by atoms with Crippen LogP contribution in [-0.4, -0.2) is 53.8 Å². The van der Waals surface area contributed by atoms with E-state index in [1.165, 1.54) is 6.42 Å². The molecule has 5 nitrogen and oxygen atoms in total. The average molecular weight is 239 g/mol. The monoisotopic (exact) mass is 239 g/mol. The Morgan fingerprint density at radius 3 is 2.18 bits per heavy atom. The molecule has 5 heteroatoms. The van der Waals surface area contributed by atoms with Gasteiger partial charge in [0.05, 0.1) is 5.54 Å². The largest absolute Gasteiger partial charge is 0.342 e. The summed E-state index contributed by atoms with van der Waals surface area (Å²) in [5.41, 5.74) is 5.59. The van der Waals surface area contributed by atoms with Gasteiger partial charge in [0.25, 0.3) is 0 Å². The summed E-state index contributed by atoms with van der Waals surface area (Å²) in [6.07, 6.45) is 5.75. The van der Waals surface area contributed by atoms with Crippen LogP contribution in [0.5, 0.6) is 0 Å². The van der Waals surface area contributed by atoms with Crippen LogP contribution in [0, 0.1) is 0 Å². The zero-order chi connectivity index (χ0) is 12.3. The van der Waals surface area contributed by atoms with Gasteiger partial charge in [-0.05, 0) is 12.8 Å². The highest BCUT2D eigenvalue weighted by molar-refractivity contribution is 5.86. The minimum atomic E-state index is -0.637. The maximum Gasteiger partial charge on any atom is 0.242 e. The van der Waals surface area contributed by atoms with E-state index in [4.69, 9.17) is 5.73 Å². The molecule has 2 amide bonds. The molecule has 17 heavy (non-hydrogen) atoms. The van der Waals surface area contributed by atoms with Crippen LogP contribution >= 0.6 is 0 Å². The SMILES string of the molecule is NC1(C(=O)N2CCN(C=O)CC2)CCCCC1. The van der Waals surface area contributed by atoms with E-state index in [1.807, 2.05) is 4.90 Å². The Kier molecular flexibility index (Phi) is 3.66.